The van der Waals surface area contributed by atoms with E-state index in [0.29, 0.717) is 0 Å². The van der Waals surface area contributed by atoms with Crippen LogP contribution in [0.3, 0.4) is 0 Å². The highest BCUT2D eigenvalue weighted by atomic mass is 19.1. The summed E-state index contributed by atoms with van der Waals surface area (Å²) in [6, 6.07) is 11.0. The summed E-state index contributed by atoms with van der Waals surface area (Å²) >= 11 is 0. The number of ether oxygens (including phenoxy) is 1. The van der Waals surface area contributed by atoms with Gasteiger partial charge in [-0.2, -0.15) is 5.10 Å². The zero-order valence-electron chi connectivity index (χ0n) is 17.9. The second kappa shape index (κ2) is 6.98. The van der Waals surface area contributed by atoms with E-state index in [1.54, 1.807) is 32.0 Å². The number of rotatable bonds is 2. The van der Waals surface area contributed by atoms with Gasteiger partial charge in [0.05, 0.1) is 29.8 Å². The third kappa shape index (κ3) is 3.01. The van der Waals surface area contributed by atoms with Crippen molar-refractivity contribution in [3.63, 3.8) is 0 Å². The van der Waals surface area contributed by atoms with Crippen LogP contribution >= 0.6 is 0 Å². The Labute approximate surface area is 184 Å². The van der Waals surface area contributed by atoms with Gasteiger partial charge < -0.3 is 4.74 Å². The Balaban J connectivity index is 1.62. The van der Waals surface area contributed by atoms with Gasteiger partial charge in [-0.3, -0.25) is 14.6 Å². The summed E-state index contributed by atoms with van der Waals surface area (Å²) < 4.78 is 19.1. The Hall–Kier alpha value is -3.55. The van der Waals surface area contributed by atoms with E-state index in [9.17, 15) is 18.8 Å². The second-order valence-corrected chi connectivity index (χ2v) is 9.22. The van der Waals surface area contributed by atoms with Crippen LogP contribution in [0.15, 0.2) is 53.6 Å². The van der Waals surface area contributed by atoms with Crippen LogP contribution in [0.25, 0.3) is 0 Å². The van der Waals surface area contributed by atoms with Crippen molar-refractivity contribution in [1.29, 1.82) is 0 Å². The van der Waals surface area contributed by atoms with Gasteiger partial charge in [0.15, 0.2) is 6.04 Å². The van der Waals surface area contributed by atoms with Crippen LogP contribution in [-0.2, 0) is 19.1 Å². The van der Waals surface area contributed by atoms with Crippen molar-refractivity contribution in [3.05, 3.63) is 65.5 Å². The summed E-state index contributed by atoms with van der Waals surface area (Å²) in [4.78, 5) is 41.4. The van der Waals surface area contributed by atoms with E-state index in [0.717, 1.165) is 16.0 Å². The molecule has 2 aromatic carbocycles. The minimum absolute atomic E-state index is 0.276. The van der Waals surface area contributed by atoms with E-state index in [1.165, 1.54) is 24.3 Å². The third-order valence-electron chi connectivity index (χ3n) is 6.03. The average molecular weight is 435 g/mol. The fourth-order valence-corrected chi connectivity index (χ4v) is 4.85. The van der Waals surface area contributed by atoms with Crippen molar-refractivity contribution in [3.8, 4) is 0 Å². The molecule has 0 aromatic heterocycles. The molecular weight excluding hydrogens is 413 g/mol. The molecule has 3 aliphatic rings. The Bertz CT molecular complexity index is 1150. The van der Waals surface area contributed by atoms with Crippen LogP contribution in [0.2, 0.25) is 0 Å². The van der Waals surface area contributed by atoms with Gasteiger partial charge in [0, 0.05) is 0 Å². The summed E-state index contributed by atoms with van der Waals surface area (Å²) in [7, 11) is 0. The molecule has 164 valence electrons. The summed E-state index contributed by atoms with van der Waals surface area (Å²) in [5.41, 5.74) is 1.16. The first kappa shape index (κ1) is 20.4. The quantitative estimate of drug-likeness (QED) is 0.535. The fourth-order valence-electron chi connectivity index (χ4n) is 4.85. The third-order valence-corrected chi connectivity index (χ3v) is 6.03. The lowest BCUT2D eigenvalue weighted by Gasteiger charge is -2.34. The molecule has 0 aliphatic carbocycles. The number of halogens is 1. The van der Waals surface area contributed by atoms with Gasteiger partial charge in [-0.15, -0.1) is 0 Å². The minimum atomic E-state index is -1.05. The highest BCUT2D eigenvalue weighted by Gasteiger charge is 2.66. The van der Waals surface area contributed by atoms with Crippen molar-refractivity contribution in [2.45, 2.75) is 38.5 Å². The fraction of sp³-hybridized carbons (Fsp3) is 0.333. The van der Waals surface area contributed by atoms with Crippen LogP contribution in [0.1, 0.15) is 37.9 Å². The summed E-state index contributed by atoms with van der Waals surface area (Å²) in [6.45, 7) is 5.24. The van der Waals surface area contributed by atoms with Crippen LogP contribution in [0, 0.1) is 17.7 Å². The molecular formula is C24H22FN3O4. The minimum Gasteiger partial charge on any atom is -0.458 e. The topological polar surface area (TPSA) is 79.3 Å². The molecule has 2 amide bonds. The molecule has 0 N–H and O–H groups in total. The number of nitrogens with zero attached hydrogens (tertiary/aromatic N) is 3. The maximum atomic E-state index is 13.6. The van der Waals surface area contributed by atoms with Gasteiger partial charge in [0.25, 0.3) is 0 Å². The summed E-state index contributed by atoms with van der Waals surface area (Å²) in [6.07, 6.45) is 1.64. The molecule has 7 nitrogen and oxygen atoms in total. The number of carbonyl (C=O) groups excluding carboxylic acids is 3. The normalized spacial score (nSPS) is 26.1. The highest BCUT2D eigenvalue weighted by Crippen LogP contribution is 2.52. The van der Waals surface area contributed by atoms with E-state index in [-0.39, 0.29) is 5.69 Å². The van der Waals surface area contributed by atoms with Crippen LogP contribution in [0.5, 0.6) is 0 Å². The Kier molecular flexibility index (Phi) is 4.44. The lowest BCUT2D eigenvalue weighted by atomic mass is 9.85. The zero-order valence-corrected chi connectivity index (χ0v) is 17.9. The number of carbonyl (C=O) groups is 3. The number of hydrazone groups is 1. The smallest absolute Gasteiger partial charge is 0.331 e. The van der Waals surface area contributed by atoms with Gasteiger partial charge in [-0.25, -0.2) is 14.1 Å². The van der Waals surface area contributed by atoms with Gasteiger partial charge in [0.1, 0.15) is 11.4 Å². The van der Waals surface area contributed by atoms with Crippen molar-refractivity contribution in [2.24, 2.45) is 16.9 Å². The molecule has 0 bridgehead atoms. The Morgan fingerprint density at radius 3 is 2.34 bits per heavy atom. The number of anilines is 1. The molecule has 2 aromatic rings. The second-order valence-electron chi connectivity index (χ2n) is 9.22. The molecule has 5 rings (SSSR count). The Morgan fingerprint density at radius 1 is 1.00 bits per heavy atom. The molecule has 2 saturated heterocycles. The average Bonchev–Trinajstić information content (AvgIpc) is 3.21. The molecule has 4 atom stereocenters. The molecule has 0 spiro atoms. The summed E-state index contributed by atoms with van der Waals surface area (Å²) in [5, 5.41) is 6.01. The number of imide groups is 1. The van der Waals surface area contributed by atoms with Crippen molar-refractivity contribution >= 4 is 29.7 Å². The molecule has 0 saturated carbocycles. The van der Waals surface area contributed by atoms with Crippen LogP contribution < -0.4 is 4.90 Å². The number of hydrogen-bond donors (Lipinski definition) is 0. The van der Waals surface area contributed by atoms with Gasteiger partial charge in [0.2, 0.25) is 11.8 Å². The Morgan fingerprint density at radius 2 is 1.66 bits per heavy atom. The van der Waals surface area contributed by atoms with E-state index >= 15 is 0 Å². The van der Waals surface area contributed by atoms with Crippen molar-refractivity contribution < 1.29 is 23.5 Å². The maximum Gasteiger partial charge on any atom is 0.331 e. The van der Waals surface area contributed by atoms with E-state index in [4.69, 9.17) is 4.74 Å². The molecule has 32 heavy (non-hydrogen) atoms. The molecule has 3 aliphatic heterocycles. The van der Waals surface area contributed by atoms with Gasteiger partial charge in [-0.05, 0) is 56.2 Å². The standard InChI is InChI=1S/C24H22FN3O4/c1-24(2,3)32-23(31)20-18-17(19-16-7-5-4-6-13(16)12-26-28(19)20)21(29)27(22(18)30)15-10-8-14(25)9-11-15/h4-12,17-20H,1-3H3/t17-,18-,19+,20+/m1/s1. The number of hydrogen-bond acceptors (Lipinski definition) is 6. The number of fused-ring (bicyclic) bond motifs is 5. The van der Waals surface area contributed by atoms with Crippen LogP contribution in [-0.4, -0.2) is 40.7 Å². The first-order chi connectivity index (χ1) is 15.2. The van der Waals surface area contributed by atoms with E-state index in [2.05, 4.69) is 5.10 Å². The zero-order chi connectivity index (χ0) is 22.8. The SMILES string of the molecule is CC(C)(C)OC(=O)[C@@H]1[C@@H]2C(=O)N(c3ccc(F)cc3)C(=O)[C@H]2[C@@H]2c3ccccc3C=NN12. The number of esters is 1. The monoisotopic (exact) mass is 435 g/mol. The first-order valence-electron chi connectivity index (χ1n) is 10.4. The molecule has 3 heterocycles. The maximum absolute atomic E-state index is 13.6. The van der Waals surface area contributed by atoms with Gasteiger partial charge >= 0.3 is 5.97 Å². The lowest BCUT2D eigenvalue weighted by Crippen LogP contribution is -2.46. The summed E-state index contributed by atoms with van der Waals surface area (Å²) in [5.74, 6) is -3.79. The number of benzene rings is 2. The van der Waals surface area contributed by atoms with Gasteiger partial charge in [-0.1, -0.05) is 24.3 Å². The molecule has 0 unspecified atom stereocenters. The van der Waals surface area contributed by atoms with Crippen molar-refractivity contribution in [2.75, 3.05) is 4.90 Å². The first-order valence-corrected chi connectivity index (χ1v) is 10.4. The van der Waals surface area contributed by atoms with Crippen LogP contribution in [0.4, 0.5) is 10.1 Å². The van der Waals surface area contributed by atoms with Crippen molar-refractivity contribution in [1.82, 2.24) is 5.01 Å². The number of amides is 2. The predicted molar refractivity (Wildman–Crippen MR) is 114 cm³/mol. The molecule has 0 radical (unpaired) electrons. The largest absolute Gasteiger partial charge is 0.458 e. The lowest BCUT2D eigenvalue weighted by molar-refractivity contribution is -0.163. The molecule has 8 heteroatoms. The predicted octanol–water partition coefficient (Wildman–Crippen LogP) is 3.05. The van der Waals surface area contributed by atoms with E-state index < -0.39 is 53.1 Å². The highest BCUT2D eigenvalue weighted by molar-refractivity contribution is 6.23. The van der Waals surface area contributed by atoms with E-state index in [1.807, 2.05) is 24.3 Å². The molecule has 2 fully saturated rings.